The molecule has 0 aliphatic heterocycles. The Morgan fingerprint density at radius 1 is 1.50 bits per heavy atom. The molecular formula is C9H8F2N2O. The first-order valence-corrected chi connectivity index (χ1v) is 3.84. The average Bonchev–Trinajstić information content (AvgIpc) is 2.15. The van der Waals surface area contributed by atoms with Crippen molar-refractivity contribution in [3.8, 4) is 0 Å². The highest BCUT2D eigenvalue weighted by atomic mass is 19.1. The second kappa shape index (κ2) is 4.45. The van der Waals surface area contributed by atoms with E-state index < -0.39 is 11.6 Å². The molecule has 0 radical (unpaired) electrons. The minimum absolute atomic E-state index is 0.0317. The van der Waals surface area contributed by atoms with Crippen LogP contribution in [0, 0.1) is 11.6 Å². The van der Waals surface area contributed by atoms with Crippen molar-refractivity contribution in [3.63, 3.8) is 0 Å². The first-order chi connectivity index (χ1) is 6.69. The van der Waals surface area contributed by atoms with E-state index >= 15 is 0 Å². The van der Waals surface area contributed by atoms with Crippen LogP contribution in [0.2, 0.25) is 0 Å². The Hall–Kier alpha value is -1.78. The van der Waals surface area contributed by atoms with Crippen LogP contribution >= 0.6 is 0 Å². The van der Waals surface area contributed by atoms with Gasteiger partial charge >= 0.3 is 0 Å². The molecule has 14 heavy (non-hydrogen) atoms. The number of aldehydes is 1. The number of carbonyl (C=O) groups excluding carboxylic acids is 1. The largest absolute Gasteiger partial charge is 0.312 e. The van der Waals surface area contributed by atoms with Crippen LogP contribution in [-0.4, -0.2) is 19.0 Å². The van der Waals surface area contributed by atoms with Crippen LogP contribution in [0.1, 0.15) is 5.56 Å². The van der Waals surface area contributed by atoms with E-state index in [1.54, 1.807) is 0 Å². The number of benzene rings is 1. The number of carbonyl (C=O) groups is 1. The minimum Gasteiger partial charge on any atom is -0.312 e. The maximum Gasteiger partial charge on any atom is 0.170 e. The zero-order valence-corrected chi connectivity index (χ0v) is 7.42. The fraction of sp³-hybridized carbons (Fsp3) is 0.111. The van der Waals surface area contributed by atoms with Crippen molar-refractivity contribution in [2.24, 2.45) is 5.10 Å². The normalized spacial score (nSPS) is 11.2. The van der Waals surface area contributed by atoms with E-state index in [0.717, 1.165) is 12.1 Å². The van der Waals surface area contributed by atoms with Gasteiger partial charge in [-0.3, -0.25) is 4.79 Å². The molecule has 1 rings (SSSR count). The van der Waals surface area contributed by atoms with E-state index in [2.05, 4.69) is 10.5 Å². The summed E-state index contributed by atoms with van der Waals surface area (Å²) in [6.07, 6.45) is 0.396. The summed E-state index contributed by atoms with van der Waals surface area (Å²) >= 11 is 0. The monoisotopic (exact) mass is 198 g/mol. The lowest BCUT2D eigenvalue weighted by Crippen LogP contribution is -2.10. The standard InChI is InChI=1S/C9H8F2N2O/c1-12-13-9(5-14)7-3-2-6(10)4-8(7)11/h2-5,12H,1H3. The Morgan fingerprint density at radius 2 is 2.21 bits per heavy atom. The molecule has 3 nitrogen and oxygen atoms in total. The summed E-state index contributed by atoms with van der Waals surface area (Å²) in [7, 11) is 1.48. The maximum absolute atomic E-state index is 13.1. The van der Waals surface area contributed by atoms with E-state index in [0.29, 0.717) is 12.4 Å². The Balaban J connectivity index is 3.17. The topological polar surface area (TPSA) is 41.5 Å². The van der Waals surface area contributed by atoms with Gasteiger partial charge in [0.05, 0.1) is 0 Å². The molecule has 0 aromatic heterocycles. The van der Waals surface area contributed by atoms with Crippen molar-refractivity contribution in [3.05, 3.63) is 35.4 Å². The Morgan fingerprint density at radius 3 is 2.71 bits per heavy atom. The third kappa shape index (κ3) is 2.12. The van der Waals surface area contributed by atoms with Crippen LogP contribution in [0.5, 0.6) is 0 Å². The first-order valence-electron chi connectivity index (χ1n) is 3.84. The molecule has 0 saturated carbocycles. The van der Waals surface area contributed by atoms with E-state index in [1.165, 1.54) is 7.05 Å². The molecule has 0 bridgehead atoms. The number of nitrogens with one attached hydrogen (secondary N) is 1. The predicted molar refractivity (Wildman–Crippen MR) is 48.0 cm³/mol. The highest BCUT2D eigenvalue weighted by Crippen LogP contribution is 2.09. The minimum atomic E-state index is -0.814. The molecule has 0 unspecified atom stereocenters. The fourth-order valence-corrected chi connectivity index (χ4v) is 0.968. The SMILES string of the molecule is CNN=C(C=O)c1ccc(F)cc1F. The van der Waals surface area contributed by atoms with Crippen LogP contribution in [0.25, 0.3) is 0 Å². The summed E-state index contributed by atoms with van der Waals surface area (Å²) in [6.45, 7) is 0. The number of nitrogens with zero attached hydrogens (tertiary/aromatic N) is 1. The number of hydrogen-bond donors (Lipinski definition) is 1. The molecule has 5 heteroatoms. The number of halogens is 2. The van der Waals surface area contributed by atoms with Crippen LogP contribution in [0.15, 0.2) is 23.3 Å². The number of hydrazone groups is 1. The van der Waals surface area contributed by atoms with E-state index in [4.69, 9.17) is 0 Å². The molecule has 0 atom stereocenters. The van der Waals surface area contributed by atoms with Crippen LogP contribution in [0.3, 0.4) is 0 Å². The molecule has 0 amide bonds. The van der Waals surface area contributed by atoms with Crippen molar-refractivity contribution in [2.45, 2.75) is 0 Å². The smallest absolute Gasteiger partial charge is 0.170 e. The van der Waals surface area contributed by atoms with Gasteiger partial charge in [0.15, 0.2) is 6.29 Å². The molecule has 1 aromatic carbocycles. The zero-order valence-electron chi connectivity index (χ0n) is 7.42. The van der Waals surface area contributed by atoms with Gasteiger partial charge in [0.25, 0.3) is 0 Å². The fourth-order valence-electron chi connectivity index (χ4n) is 0.968. The summed E-state index contributed by atoms with van der Waals surface area (Å²) in [5, 5.41) is 3.54. The maximum atomic E-state index is 13.1. The lowest BCUT2D eigenvalue weighted by molar-refractivity contribution is -0.102. The van der Waals surface area contributed by atoms with Gasteiger partial charge in [-0.05, 0) is 12.1 Å². The summed E-state index contributed by atoms with van der Waals surface area (Å²) < 4.78 is 25.6. The Labute approximate surface area is 79.4 Å². The highest BCUT2D eigenvalue weighted by Gasteiger charge is 2.09. The number of hydrogen-bond acceptors (Lipinski definition) is 3. The summed E-state index contributed by atoms with van der Waals surface area (Å²) in [5.74, 6) is -1.51. The van der Waals surface area contributed by atoms with Gasteiger partial charge < -0.3 is 5.43 Å². The average molecular weight is 198 g/mol. The Bertz CT molecular complexity index is 377. The van der Waals surface area contributed by atoms with Crippen molar-refractivity contribution >= 4 is 12.0 Å². The third-order valence-electron chi connectivity index (χ3n) is 1.55. The van der Waals surface area contributed by atoms with Crippen molar-refractivity contribution in [2.75, 3.05) is 7.05 Å². The predicted octanol–water partition coefficient (Wildman–Crippen LogP) is 1.09. The molecule has 0 aliphatic carbocycles. The van der Waals surface area contributed by atoms with E-state index in [1.807, 2.05) is 0 Å². The lowest BCUT2D eigenvalue weighted by Gasteiger charge is -2.00. The van der Waals surface area contributed by atoms with E-state index in [-0.39, 0.29) is 11.3 Å². The first kappa shape index (κ1) is 10.3. The van der Waals surface area contributed by atoms with Gasteiger partial charge in [-0.25, -0.2) is 8.78 Å². The van der Waals surface area contributed by atoms with E-state index in [9.17, 15) is 13.6 Å². The highest BCUT2D eigenvalue weighted by molar-refractivity contribution is 6.36. The lowest BCUT2D eigenvalue weighted by atomic mass is 10.1. The molecule has 74 valence electrons. The quantitative estimate of drug-likeness (QED) is 0.448. The van der Waals surface area contributed by atoms with Gasteiger partial charge in [0.1, 0.15) is 17.3 Å². The Kier molecular flexibility index (Phi) is 3.28. The second-order valence-electron chi connectivity index (χ2n) is 2.46. The molecule has 0 spiro atoms. The van der Waals surface area contributed by atoms with Crippen LogP contribution in [0.4, 0.5) is 8.78 Å². The summed E-state index contributed by atoms with van der Waals surface area (Å²) in [6, 6.07) is 2.92. The van der Waals surface area contributed by atoms with Crippen molar-refractivity contribution in [1.29, 1.82) is 0 Å². The zero-order chi connectivity index (χ0) is 10.6. The molecule has 0 aliphatic rings. The molecule has 0 heterocycles. The third-order valence-corrected chi connectivity index (χ3v) is 1.55. The van der Waals surface area contributed by atoms with Crippen LogP contribution < -0.4 is 5.43 Å². The summed E-state index contributed by atoms with van der Waals surface area (Å²) in [5.41, 5.74) is 2.22. The second-order valence-corrected chi connectivity index (χ2v) is 2.46. The van der Waals surface area contributed by atoms with Crippen molar-refractivity contribution < 1.29 is 13.6 Å². The van der Waals surface area contributed by atoms with Gasteiger partial charge in [0, 0.05) is 18.7 Å². The molecular weight excluding hydrogens is 190 g/mol. The van der Waals surface area contributed by atoms with Gasteiger partial charge in [0.2, 0.25) is 0 Å². The molecule has 1 N–H and O–H groups in total. The van der Waals surface area contributed by atoms with Gasteiger partial charge in [-0.15, -0.1) is 0 Å². The number of rotatable bonds is 3. The molecule has 0 saturated heterocycles. The van der Waals surface area contributed by atoms with Crippen molar-refractivity contribution in [1.82, 2.24) is 5.43 Å². The van der Waals surface area contributed by atoms with Gasteiger partial charge in [-0.2, -0.15) is 5.10 Å². The van der Waals surface area contributed by atoms with Gasteiger partial charge in [-0.1, -0.05) is 0 Å². The molecule has 0 fully saturated rings. The molecule has 1 aromatic rings. The summed E-state index contributed by atoms with van der Waals surface area (Å²) in [4.78, 5) is 10.5. The van der Waals surface area contributed by atoms with Crippen LogP contribution in [-0.2, 0) is 4.79 Å².